The van der Waals surface area contributed by atoms with Crippen molar-refractivity contribution in [3.05, 3.63) is 198 Å². The summed E-state index contributed by atoms with van der Waals surface area (Å²) in [7, 11) is 0. The molecule has 7 aromatic carbocycles. The molecule has 364 valence electrons. The van der Waals surface area contributed by atoms with Gasteiger partial charge in [-0.2, -0.15) is 6.07 Å². The van der Waals surface area contributed by atoms with E-state index in [4.69, 9.17) is 9.72 Å². The molecular weight excluding hydrogens is 1080 g/mol. The Morgan fingerprint density at radius 3 is 1.83 bits per heavy atom. The van der Waals surface area contributed by atoms with Gasteiger partial charge in [0, 0.05) is 66.9 Å². The van der Waals surface area contributed by atoms with Crippen molar-refractivity contribution in [1.29, 1.82) is 0 Å². The van der Waals surface area contributed by atoms with Gasteiger partial charge in [-0.05, 0) is 74.2 Å². The van der Waals surface area contributed by atoms with Crippen LogP contribution >= 0.6 is 0 Å². The third-order valence-corrected chi connectivity index (χ3v) is 13.0. The molecule has 0 atom stereocenters. The Labute approximate surface area is 425 Å². The molecule has 0 radical (unpaired) electrons. The molecule has 0 unspecified atom stereocenters. The minimum Gasteiger partial charge on any atom is -0.509 e. The van der Waals surface area contributed by atoms with Crippen molar-refractivity contribution in [2.75, 3.05) is 9.80 Å². The summed E-state index contributed by atoms with van der Waals surface area (Å²) in [6.07, 6.45) is 1.84. The van der Waals surface area contributed by atoms with Crippen molar-refractivity contribution >= 4 is 44.6 Å². The maximum absolute atomic E-state index is 15.9. The van der Waals surface area contributed by atoms with Gasteiger partial charge in [0.25, 0.3) is 0 Å². The normalized spacial score (nSPS) is 13.0. The minimum atomic E-state index is -2.22. The SMILES string of the molecule is CC(C)(C)c1ccc(-c2cc(Oc3[c-]c4c(cc3)c3ccccc3n4-c3cc(C(C)(C)C)ccn3)[c-]c(N3[CH-]N(c4c(-c5c(F)c(F)c(F)c(F)c5F)cccc4C(C)(C)C)c4ccccc43)c2)cc1.[Pt]. The van der Waals surface area contributed by atoms with Gasteiger partial charge in [-0.3, -0.25) is 0 Å². The van der Waals surface area contributed by atoms with E-state index < -0.39 is 40.1 Å². The van der Waals surface area contributed by atoms with E-state index in [9.17, 15) is 4.39 Å². The number of pyridine rings is 1. The van der Waals surface area contributed by atoms with E-state index >= 15 is 17.6 Å². The minimum absolute atomic E-state index is 0. The quantitative estimate of drug-likeness (QED) is 0.0689. The molecule has 1 aliphatic heterocycles. The number of hydrogen-bond donors (Lipinski definition) is 0. The third-order valence-electron chi connectivity index (χ3n) is 13.0. The van der Waals surface area contributed by atoms with Crippen LogP contribution in [0.25, 0.3) is 49.9 Å². The first-order valence-corrected chi connectivity index (χ1v) is 23.2. The molecular formula is C60H50F5N4OPt-3. The number of rotatable bonds is 7. The van der Waals surface area contributed by atoms with Gasteiger partial charge in [0.1, 0.15) is 5.82 Å². The summed E-state index contributed by atoms with van der Waals surface area (Å²) in [5, 5.41) is 2.02. The van der Waals surface area contributed by atoms with Gasteiger partial charge in [-0.1, -0.05) is 141 Å². The fraction of sp³-hybridized carbons (Fsp3) is 0.200. The van der Waals surface area contributed by atoms with Crippen LogP contribution in [0.15, 0.2) is 134 Å². The molecule has 9 aromatic rings. The number of halogens is 5. The van der Waals surface area contributed by atoms with E-state index in [0.29, 0.717) is 34.1 Å². The van der Waals surface area contributed by atoms with Crippen LogP contribution in [-0.4, -0.2) is 9.55 Å². The number of nitrogens with zero attached hydrogens (tertiary/aromatic N) is 4. The Morgan fingerprint density at radius 1 is 0.535 bits per heavy atom. The number of fused-ring (bicyclic) bond motifs is 4. The molecule has 0 aliphatic carbocycles. The average molecular weight is 1130 g/mol. The van der Waals surface area contributed by atoms with Crippen molar-refractivity contribution in [1.82, 2.24) is 9.55 Å². The second-order valence-electron chi connectivity index (χ2n) is 20.9. The summed E-state index contributed by atoms with van der Waals surface area (Å²) in [5.74, 6) is -8.53. The molecule has 10 rings (SSSR count). The first kappa shape index (κ1) is 49.2. The predicted molar refractivity (Wildman–Crippen MR) is 271 cm³/mol. The van der Waals surface area contributed by atoms with Gasteiger partial charge in [0.05, 0.1) is 5.56 Å². The Hall–Kier alpha value is -6.77. The van der Waals surface area contributed by atoms with Crippen LogP contribution in [0.5, 0.6) is 11.5 Å². The first-order valence-electron chi connectivity index (χ1n) is 23.2. The zero-order valence-electron chi connectivity index (χ0n) is 40.7. The zero-order chi connectivity index (χ0) is 49.6. The standard InChI is InChI=1S/C60H50F5N4O.Pt/c1-58(2,3)37-23-21-35(22-24-37)36-29-39(32-41(30-36)70-40-25-26-43-42-15-10-11-18-46(42)69(49(43)33-40)50-31-38(27-28-66-50)59(4,5)6)67-34-68(48-20-13-12-19-47(48)67)57-44(16-14-17-45(57)60(7,8)9)51-52(61)54(63)56(65)55(64)53(51)62;/h10-31,34H,1-9H3;/q-3;. The molecule has 3 heterocycles. The summed E-state index contributed by atoms with van der Waals surface area (Å²) in [6.45, 7) is 20.5. The van der Waals surface area contributed by atoms with Crippen molar-refractivity contribution < 1.29 is 47.8 Å². The Kier molecular flexibility index (Phi) is 12.6. The second-order valence-corrected chi connectivity index (χ2v) is 20.9. The van der Waals surface area contributed by atoms with Crippen LogP contribution in [0.4, 0.5) is 44.7 Å². The first-order chi connectivity index (χ1) is 33.2. The smallest absolute Gasteiger partial charge is 0.200 e. The molecule has 1 aliphatic rings. The molecule has 5 nitrogen and oxygen atoms in total. The Morgan fingerprint density at radius 2 is 1.17 bits per heavy atom. The average Bonchev–Trinajstić information content (AvgIpc) is 3.88. The van der Waals surface area contributed by atoms with Gasteiger partial charge in [0.2, 0.25) is 5.82 Å². The molecule has 0 amide bonds. The van der Waals surface area contributed by atoms with Gasteiger partial charge in [-0.15, -0.1) is 53.6 Å². The van der Waals surface area contributed by atoms with E-state index in [1.165, 1.54) is 6.07 Å². The molecule has 0 saturated carbocycles. The van der Waals surface area contributed by atoms with Gasteiger partial charge in [-0.25, -0.2) is 26.9 Å². The largest absolute Gasteiger partial charge is 0.509 e. The topological polar surface area (TPSA) is 33.5 Å². The van der Waals surface area contributed by atoms with Crippen LogP contribution in [0.3, 0.4) is 0 Å². The third kappa shape index (κ3) is 8.79. The number of para-hydroxylation sites is 4. The molecule has 0 fully saturated rings. The van der Waals surface area contributed by atoms with E-state index in [0.717, 1.165) is 49.9 Å². The molecule has 0 saturated heterocycles. The summed E-state index contributed by atoms with van der Waals surface area (Å²) in [5.41, 5.74) is 6.40. The van der Waals surface area contributed by atoms with Crippen molar-refractivity contribution in [3.8, 4) is 39.6 Å². The van der Waals surface area contributed by atoms with Crippen LogP contribution in [0.1, 0.15) is 79.0 Å². The van der Waals surface area contributed by atoms with E-state index in [2.05, 4.69) is 101 Å². The monoisotopic (exact) mass is 1130 g/mol. The maximum atomic E-state index is 15.9. The van der Waals surface area contributed by atoms with Crippen LogP contribution < -0.4 is 14.5 Å². The second kappa shape index (κ2) is 18.1. The maximum Gasteiger partial charge on any atom is 0.200 e. The van der Waals surface area contributed by atoms with Gasteiger partial charge < -0.3 is 19.1 Å². The molecule has 0 N–H and O–H groups in total. The van der Waals surface area contributed by atoms with Crippen molar-refractivity contribution in [2.24, 2.45) is 0 Å². The van der Waals surface area contributed by atoms with Crippen molar-refractivity contribution in [3.63, 3.8) is 0 Å². The number of hydrogen-bond acceptors (Lipinski definition) is 4. The predicted octanol–water partition coefficient (Wildman–Crippen LogP) is 16.9. The fourth-order valence-corrected chi connectivity index (χ4v) is 9.27. The molecule has 2 aromatic heterocycles. The van der Waals surface area contributed by atoms with Gasteiger partial charge in [0.15, 0.2) is 23.3 Å². The van der Waals surface area contributed by atoms with Crippen LogP contribution in [-0.2, 0) is 37.3 Å². The summed E-state index contributed by atoms with van der Waals surface area (Å²) in [6, 6.07) is 47.8. The summed E-state index contributed by atoms with van der Waals surface area (Å²) in [4.78, 5) is 8.46. The number of aromatic nitrogens is 2. The Balaban J connectivity index is 0.00000624. The fourth-order valence-electron chi connectivity index (χ4n) is 9.27. The van der Waals surface area contributed by atoms with Crippen LogP contribution in [0, 0.1) is 47.9 Å². The summed E-state index contributed by atoms with van der Waals surface area (Å²) >= 11 is 0. The summed E-state index contributed by atoms with van der Waals surface area (Å²) < 4.78 is 85.1. The van der Waals surface area contributed by atoms with E-state index in [1.54, 1.807) is 23.7 Å². The molecule has 0 bridgehead atoms. The molecule has 11 heteroatoms. The molecule has 71 heavy (non-hydrogen) atoms. The van der Waals surface area contributed by atoms with Gasteiger partial charge >= 0.3 is 0 Å². The van der Waals surface area contributed by atoms with E-state index in [-0.39, 0.29) is 43.1 Å². The van der Waals surface area contributed by atoms with E-state index in [1.807, 2.05) is 98.6 Å². The van der Waals surface area contributed by atoms with Crippen LogP contribution in [0.2, 0.25) is 0 Å². The van der Waals surface area contributed by atoms with Crippen molar-refractivity contribution in [2.45, 2.75) is 78.6 Å². The number of benzene rings is 7. The molecule has 0 spiro atoms. The number of anilines is 4. The zero-order valence-corrected chi connectivity index (χ0v) is 43.0. The Bertz CT molecular complexity index is 3500. The number of ether oxygens (including phenoxy) is 1.